The van der Waals surface area contributed by atoms with Crippen LogP contribution in [0, 0.1) is 5.92 Å². The normalized spacial score (nSPS) is 21.5. The molecule has 0 spiro atoms. The van der Waals surface area contributed by atoms with Crippen molar-refractivity contribution >= 4 is 5.91 Å². The second-order valence-corrected chi connectivity index (χ2v) is 8.39. The molecule has 1 amide bonds. The lowest BCUT2D eigenvalue weighted by molar-refractivity contribution is -0.139. The van der Waals surface area contributed by atoms with Crippen LogP contribution in [0.2, 0.25) is 0 Å². The van der Waals surface area contributed by atoms with E-state index >= 15 is 0 Å². The van der Waals surface area contributed by atoms with Gasteiger partial charge in [0.05, 0.1) is 12.2 Å². The smallest absolute Gasteiger partial charge is 0.248 e. The first-order chi connectivity index (χ1) is 14.8. The van der Waals surface area contributed by atoms with Crippen LogP contribution < -0.4 is 0 Å². The second-order valence-electron chi connectivity index (χ2n) is 8.39. The van der Waals surface area contributed by atoms with E-state index < -0.39 is 0 Å². The number of aromatic nitrogens is 4. The summed E-state index contributed by atoms with van der Waals surface area (Å²) in [7, 11) is 1.60. The molecule has 0 aliphatic carbocycles. The summed E-state index contributed by atoms with van der Waals surface area (Å²) in [5.74, 6) is 1.57. The van der Waals surface area contributed by atoms with Gasteiger partial charge in [0.1, 0.15) is 6.61 Å². The van der Waals surface area contributed by atoms with Gasteiger partial charge in [0.2, 0.25) is 5.91 Å². The van der Waals surface area contributed by atoms with E-state index in [-0.39, 0.29) is 12.5 Å². The number of para-hydroxylation sites is 1. The number of piperidine rings is 1. The third kappa shape index (κ3) is 4.87. The number of rotatable bonds is 6. The van der Waals surface area contributed by atoms with E-state index in [1.807, 2.05) is 35.0 Å². The number of carbonyl (C=O) groups excluding carboxylic acids is 1. The molecular weight excluding hydrogens is 380 g/mol. The highest BCUT2D eigenvalue weighted by Crippen LogP contribution is 2.30. The number of hydrogen-bond acceptors (Lipinski definition) is 6. The Morgan fingerprint density at radius 3 is 2.63 bits per heavy atom. The van der Waals surface area contributed by atoms with Gasteiger partial charge in [0.25, 0.3) is 0 Å². The Morgan fingerprint density at radius 2 is 1.87 bits per heavy atom. The molecule has 2 saturated heterocycles. The molecule has 8 heteroatoms. The van der Waals surface area contributed by atoms with Crippen LogP contribution in [0.1, 0.15) is 44.3 Å². The Balaban J connectivity index is 1.37. The highest BCUT2D eigenvalue weighted by atomic mass is 16.5. The van der Waals surface area contributed by atoms with Crippen LogP contribution in [0.25, 0.3) is 5.69 Å². The molecule has 0 radical (unpaired) electrons. The first-order valence-corrected chi connectivity index (χ1v) is 11.1. The molecule has 2 aromatic rings. The van der Waals surface area contributed by atoms with E-state index in [0.717, 1.165) is 63.4 Å². The molecule has 162 valence electrons. The maximum Gasteiger partial charge on any atom is 0.248 e. The van der Waals surface area contributed by atoms with Crippen molar-refractivity contribution in [3.8, 4) is 5.69 Å². The van der Waals surface area contributed by atoms with Crippen molar-refractivity contribution < 1.29 is 9.53 Å². The largest absolute Gasteiger partial charge is 0.375 e. The summed E-state index contributed by atoms with van der Waals surface area (Å²) in [5, 5.41) is 12.3. The second kappa shape index (κ2) is 10.1. The number of methoxy groups -OCH3 is 1. The molecule has 0 N–H and O–H groups in total. The zero-order chi connectivity index (χ0) is 20.8. The molecule has 2 aliphatic rings. The van der Waals surface area contributed by atoms with Crippen LogP contribution >= 0.6 is 0 Å². The maximum absolute atomic E-state index is 12.6. The number of nitrogens with zero attached hydrogens (tertiary/aromatic N) is 6. The van der Waals surface area contributed by atoms with E-state index in [9.17, 15) is 4.79 Å². The van der Waals surface area contributed by atoms with Crippen LogP contribution in [0.5, 0.6) is 0 Å². The molecular formula is C22H32N6O2. The molecule has 4 rings (SSSR count). The third-order valence-electron chi connectivity index (χ3n) is 6.46. The molecule has 1 aromatic heterocycles. The van der Waals surface area contributed by atoms with Crippen LogP contribution in [0.4, 0.5) is 0 Å². The third-order valence-corrected chi connectivity index (χ3v) is 6.46. The lowest BCUT2D eigenvalue weighted by atomic mass is 9.86. The molecule has 2 aliphatic heterocycles. The topological polar surface area (TPSA) is 76.4 Å². The van der Waals surface area contributed by atoms with Crippen LogP contribution in [-0.2, 0) is 16.1 Å². The van der Waals surface area contributed by atoms with E-state index in [4.69, 9.17) is 4.74 Å². The Morgan fingerprint density at radius 1 is 1.07 bits per heavy atom. The van der Waals surface area contributed by atoms with Crippen molar-refractivity contribution in [2.24, 2.45) is 5.92 Å². The van der Waals surface area contributed by atoms with E-state index in [0.29, 0.717) is 12.0 Å². The fraction of sp³-hybridized carbons (Fsp3) is 0.636. The molecule has 1 unspecified atom stereocenters. The van der Waals surface area contributed by atoms with Gasteiger partial charge < -0.3 is 9.64 Å². The molecule has 1 atom stereocenters. The molecule has 0 bridgehead atoms. The van der Waals surface area contributed by atoms with Crippen molar-refractivity contribution in [2.45, 2.75) is 51.1 Å². The quantitative estimate of drug-likeness (QED) is 0.725. The summed E-state index contributed by atoms with van der Waals surface area (Å²) < 4.78 is 6.96. The molecule has 30 heavy (non-hydrogen) atoms. The number of amides is 1. The fourth-order valence-electron chi connectivity index (χ4n) is 4.91. The lowest BCUT2D eigenvalue weighted by Crippen LogP contribution is -2.48. The van der Waals surface area contributed by atoms with Crippen molar-refractivity contribution in [1.82, 2.24) is 30.0 Å². The van der Waals surface area contributed by atoms with Gasteiger partial charge in [-0.25, -0.2) is 0 Å². The molecule has 8 nitrogen and oxygen atoms in total. The monoisotopic (exact) mass is 412 g/mol. The Hall–Kier alpha value is -2.32. The van der Waals surface area contributed by atoms with Gasteiger partial charge in [-0.15, -0.1) is 5.10 Å². The lowest BCUT2D eigenvalue weighted by Gasteiger charge is -2.40. The number of tetrazole rings is 1. The predicted octanol–water partition coefficient (Wildman–Crippen LogP) is 2.29. The summed E-state index contributed by atoms with van der Waals surface area (Å²) in [6.45, 7) is 3.83. The first-order valence-electron chi connectivity index (χ1n) is 11.1. The minimum Gasteiger partial charge on any atom is -0.375 e. The maximum atomic E-state index is 12.6. The Bertz CT molecular complexity index is 803. The highest BCUT2D eigenvalue weighted by Gasteiger charge is 2.34. The zero-order valence-electron chi connectivity index (χ0n) is 17.8. The predicted molar refractivity (Wildman–Crippen MR) is 113 cm³/mol. The van der Waals surface area contributed by atoms with Crippen LogP contribution in [0.15, 0.2) is 30.3 Å². The SMILES string of the molecule is COCC(=O)N1CCCCCC1C1CCN(Cc2nnnn2-c2ccccc2)CC1. The minimum atomic E-state index is 0.147. The van der Waals surface area contributed by atoms with E-state index in [1.165, 1.54) is 12.8 Å². The van der Waals surface area contributed by atoms with Crippen molar-refractivity contribution in [1.29, 1.82) is 0 Å². The standard InChI is InChI=1S/C22H32N6O2/c1-30-17-22(29)27-13-7-3-6-10-20(27)18-11-14-26(15-12-18)16-21-23-24-25-28(21)19-8-4-2-5-9-19/h2,4-5,8-9,18,20H,3,6-7,10-17H2,1H3. The van der Waals surface area contributed by atoms with Gasteiger partial charge in [0.15, 0.2) is 5.82 Å². The van der Waals surface area contributed by atoms with Gasteiger partial charge >= 0.3 is 0 Å². The fourth-order valence-corrected chi connectivity index (χ4v) is 4.91. The number of likely N-dealkylation sites (tertiary alicyclic amines) is 2. The summed E-state index contributed by atoms with van der Waals surface area (Å²) in [5.41, 5.74) is 0.984. The molecule has 0 saturated carbocycles. The summed E-state index contributed by atoms with van der Waals surface area (Å²) in [4.78, 5) is 17.2. The first kappa shape index (κ1) is 20.9. The van der Waals surface area contributed by atoms with Crippen LogP contribution in [0.3, 0.4) is 0 Å². The number of ether oxygens (including phenoxy) is 1. The van der Waals surface area contributed by atoms with Crippen molar-refractivity contribution in [2.75, 3.05) is 33.4 Å². The summed E-state index contributed by atoms with van der Waals surface area (Å²) in [6.07, 6.45) is 6.86. The molecule has 3 heterocycles. The average molecular weight is 413 g/mol. The summed E-state index contributed by atoms with van der Waals surface area (Å²) in [6, 6.07) is 10.4. The van der Waals surface area contributed by atoms with Gasteiger partial charge in [-0.05, 0) is 67.3 Å². The minimum absolute atomic E-state index is 0.147. The van der Waals surface area contributed by atoms with Crippen molar-refractivity contribution in [3.63, 3.8) is 0 Å². The Kier molecular flexibility index (Phi) is 7.07. The highest BCUT2D eigenvalue weighted by molar-refractivity contribution is 5.77. The number of hydrogen-bond donors (Lipinski definition) is 0. The molecule has 2 fully saturated rings. The number of carbonyl (C=O) groups is 1. The number of benzene rings is 1. The van der Waals surface area contributed by atoms with Crippen LogP contribution in [-0.4, -0.2) is 75.3 Å². The van der Waals surface area contributed by atoms with Gasteiger partial charge in [-0.2, -0.15) is 4.68 Å². The van der Waals surface area contributed by atoms with Gasteiger partial charge in [-0.1, -0.05) is 31.0 Å². The van der Waals surface area contributed by atoms with Crippen molar-refractivity contribution in [3.05, 3.63) is 36.2 Å². The Labute approximate surface area is 178 Å². The van der Waals surface area contributed by atoms with Gasteiger partial charge in [-0.3, -0.25) is 9.69 Å². The summed E-state index contributed by atoms with van der Waals surface area (Å²) >= 11 is 0. The zero-order valence-corrected chi connectivity index (χ0v) is 17.8. The van der Waals surface area contributed by atoms with E-state index in [1.54, 1.807) is 7.11 Å². The molecule has 1 aromatic carbocycles. The van der Waals surface area contributed by atoms with Gasteiger partial charge in [0, 0.05) is 19.7 Å². The van der Waals surface area contributed by atoms with E-state index in [2.05, 4.69) is 25.3 Å². The average Bonchev–Trinajstić information content (AvgIpc) is 3.09.